The first-order valence-electron chi connectivity index (χ1n) is 4.79. The predicted molar refractivity (Wildman–Crippen MR) is 54.5 cm³/mol. The number of carbonyl (C=O) groups is 1. The molecular formula is C11H20O2. The Morgan fingerprint density at radius 3 is 2.46 bits per heavy atom. The van der Waals surface area contributed by atoms with Crippen molar-refractivity contribution in [1.29, 1.82) is 0 Å². The molecule has 0 rings (SSSR count). The highest BCUT2D eigenvalue weighted by atomic mass is 16.5. The third-order valence-electron chi connectivity index (χ3n) is 1.60. The van der Waals surface area contributed by atoms with Gasteiger partial charge in [-0.15, -0.1) is 0 Å². The third-order valence-corrected chi connectivity index (χ3v) is 1.60. The lowest BCUT2D eigenvalue weighted by molar-refractivity contribution is -0.137. The standard InChI is InChI=1S/C11H20O2/c1-5-13-10(12)8-6-7-9-11(2,3)4/h6,8H,5,7,9H2,1-4H3. The highest BCUT2D eigenvalue weighted by Gasteiger charge is 2.07. The quantitative estimate of drug-likeness (QED) is 0.496. The van der Waals surface area contributed by atoms with E-state index in [0.717, 1.165) is 12.8 Å². The number of hydrogen-bond acceptors (Lipinski definition) is 2. The SMILES string of the molecule is CCOC(=O)C=CCCC(C)(C)C. The van der Waals surface area contributed by atoms with Gasteiger partial charge >= 0.3 is 5.97 Å². The second-order valence-electron chi connectivity index (χ2n) is 4.25. The summed E-state index contributed by atoms with van der Waals surface area (Å²) < 4.78 is 4.75. The zero-order chi connectivity index (χ0) is 10.3. The molecule has 0 unspecified atom stereocenters. The molecule has 0 amide bonds. The largest absolute Gasteiger partial charge is 0.463 e. The molecular weight excluding hydrogens is 164 g/mol. The Kier molecular flexibility index (Phi) is 5.44. The van der Waals surface area contributed by atoms with E-state index >= 15 is 0 Å². The first-order valence-corrected chi connectivity index (χ1v) is 4.79. The van der Waals surface area contributed by atoms with Crippen molar-refractivity contribution in [2.75, 3.05) is 6.61 Å². The smallest absolute Gasteiger partial charge is 0.330 e. The Hall–Kier alpha value is -0.790. The van der Waals surface area contributed by atoms with Crippen LogP contribution in [0.3, 0.4) is 0 Å². The van der Waals surface area contributed by atoms with Crippen LogP contribution in [-0.2, 0) is 9.53 Å². The fourth-order valence-corrected chi connectivity index (χ4v) is 0.886. The minimum atomic E-state index is -0.239. The number of carbonyl (C=O) groups excluding carboxylic acids is 1. The molecule has 0 saturated carbocycles. The molecule has 13 heavy (non-hydrogen) atoms. The van der Waals surface area contributed by atoms with Gasteiger partial charge in [0.05, 0.1) is 6.61 Å². The van der Waals surface area contributed by atoms with Gasteiger partial charge < -0.3 is 4.74 Å². The monoisotopic (exact) mass is 184 g/mol. The van der Waals surface area contributed by atoms with Crippen LogP contribution >= 0.6 is 0 Å². The maximum Gasteiger partial charge on any atom is 0.330 e. The molecule has 0 aliphatic heterocycles. The van der Waals surface area contributed by atoms with Crippen molar-refractivity contribution in [1.82, 2.24) is 0 Å². The summed E-state index contributed by atoms with van der Waals surface area (Å²) in [6, 6.07) is 0. The van der Waals surface area contributed by atoms with Crippen LogP contribution in [-0.4, -0.2) is 12.6 Å². The minimum absolute atomic E-state index is 0.239. The number of ether oxygens (including phenoxy) is 1. The van der Waals surface area contributed by atoms with Crippen LogP contribution in [0.5, 0.6) is 0 Å². The molecule has 0 saturated heterocycles. The maximum atomic E-state index is 10.9. The number of hydrogen-bond donors (Lipinski definition) is 0. The molecule has 0 fully saturated rings. The topological polar surface area (TPSA) is 26.3 Å². The summed E-state index contributed by atoms with van der Waals surface area (Å²) in [6.45, 7) is 8.81. The summed E-state index contributed by atoms with van der Waals surface area (Å²) in [5.41, 5.74) is 0.332. The van der Waals surface area contributed by atoms with Crippen LogP contribution in [0.15, 0.2) is 12.2 Å². The maximum absolute atomic E-state index is 10.9. The van der Waals surface area contributed by atoms with Crippen LogP contribution in [0, 0.1) is 5.41 Å². The Morgan fingerprint density at radius 1 is 1.38 bits per heavy atom. The molecule has 2 nitrogen and oxygen atoms in total. The Morgan fingerprint density at radius 2 is 2.00 bits per heavy atom. The molecule has 76 valence electrons. The third kappa shape index (κ3) is 9.12. The van der Waals surface area contributed by atoms with E-state index in [1.165, 1.54) is 6.08 Å². The predicted octanol–water partition coefficient (Wildman–Crippen LogP) is 2.93. The average Bonchev–Trinajstić information content (AvgIpc) is 1.97. The van der Waals surface area contributed by atoms with E-state index in [2.05, 4.69) is 20.8 Å². The Bertz CT molecular complexity index is 175. The molecule has 0 N–H and O–H groups in total. The molecule has 0 bridgehead atoms. The zero-order valence-corrected chi connectivity index (χ0v) is 9.09. The molecule has 0 aliphatic rings. The van der Waals surface area contributed by atoms with Gasteiger partial charge in [0.1, 0.15) is 0 Å². The van der Waals surface area contributed by atoms with Crippen LogP contribution in [0.4, 0.5) is 0 Å². The second-order valence-corrected chi connectivity index (χ2v) is 4.25. The van der Waals surface area contributed by atoms with Gasteiger partial charge in [0.2, 0.25) is 0 Å². The minimum Gasteiger partial charge on any atom is -0.463 e. The molecule has 0 spiro atoms. The average molecular weight is 184 g/mol. The van der Waals surface area contributed by atoms with E-state index in [-0.39, 0.29) is 5.97 Å². The van der Waals surface area contributed by atoms with E-state index in [9.17, 15) is 4.79 Å². The van der Waals surface area contributed by atoms with Crippen LogP contribution < -0.4 is 0 Å². The fraction of sp³-hybridized carbons (Fsp3) is 0.727. The molecule has 0 radical (unpaired) electrons. The van der Waals surface area contributed by atoms with E-state index in [0.29, 0.717) is 12.0 Å². The van der Waals surface area contributed by atoms with Crippen molar-refractivity contribution in [3.8, 4) is 0 Å². The second kappa shape index (κ2) is 5.79. The van der Waals surface area contributed by atoms with Gasteiger partial charge in [-0.2, -0.15) is 0 Å². The Balaban J connectivity index is 3.58. The number of allylic oxidation sites excluding steroid dienone is 1. The molecule has 0 heterocycles. The molecule has 2 heteroatoms. The van der Waals surface area contributed by atoms with Gasteiger partial charge in [0, 0.05) is 6.08 Å². The van der Waals surface area contributed by atoms with Crippen LogP contribution in [0.2, 0.25) is 0 Å². The van der Waals surface area contributed by atoms with Crippen molar-refractivity contribution >= 4 is 5.97 Å². The van der Waals surface area contributed by atoms with Crippen molar-refractivity contribution in [3.63, 3.8) is 0 Å². The molecule has 0 aromatic carbocycles. The lowest BCUT2D eigenvalue weighted by atomic mass is 9.90. The lowest BCUT2D eigenvalue weighted by Gasteiger charge is -2.15. The lowest BCUT2D eigenvalue weighted by Crippen LogP contribution is -2.03. The van der Waals surface area contributed by atoms with Crippen molar-refractivity contribution < 1.29 is 9.53 Å². The van der Waals surface area contributed by atoms with E-state index < -0.39 is 0 Å². The summed E-state index contributed by atoms with van der Waals surface area (Å²) in [5, 5.41) is 0. The van der Waals surface area contributed by atoms with Crippen LogP contribution in [0.25, 0.3) is 0 Å². The summed E-state index contributed by atoms with van der Waals surface area (Å²) in [7, 11) is 0. The molecule has 0 aromatic heterocycles. The van der Waals surface area contributed by atoms with Gasteiger partial charge in [-0.1, -0.05) is 26.8 Å². The van der Waals surface area contributed by atoms with E-state index in [1.807, 2.05) is 6.08 Å². The normalized spacial score (nSPS) is 12.0. The van der Waals surface area contributed by atoms with Gasteiger partial charge in [-0.3, -0.25) is 0 Å². The Labute approximate surface area is 81.0 Å². The van der Waals surface area contributed by atoms with Gasteiger partial charge in [0.15, 0.2) is 0 Å². The molecule has 0 aromatic rings. The highest BCUT2D eigenvalue weighted by Crippen LogP contribution is 2.20. The van der Waals surface area contributed by atoms with Crippen molar-refractivity contribution in [2.45, 2.75) is 40.5 Å². The first-order chi connectivity index (χ1) is 5.95. The molecule has 0 atom stereocenters. The zero-order valence-electron chi connectivity index (χ0n) is 9.09. The van der Waals surface area contributed by atoms with Crippen molar-refractivity contribution in [2.24, 2.45) is 5.41 Å². The molecule has 0 aliphatic carbocycles. The first kappa shape index (κ1) is 12.2. The summed E-state index contributed by atoms with van der Waals surface area (Å²) >= 11 is 0. The highest BCUT2D eigenvalue weighted by molar-refractivity contribution is 5.81. The van der Waals surface area contributed by atoms with E-state index in [1.54, 1.807) is 6.92 Å². The van der Waals surface area contributed by atoms with Crippen molar-refractivity contribution in [3.05, 3.63) is 12.2 Å². The summed E-state index contributed by atoms with van der Waals surface area (Å²) in [5.74, 6) is -0.239. The summed E-state index contributed by atoms with van der Waals surface area (Å²) in [4.78, 5) is 10.9. The summed E-state index contributed by atoms with van der Waals surface area (Å²) in [6.07, 6.45) is 5.41. The van der Waals surface area contributed by atoms with Gasteiger partial charge in [0.25, 0.3) is 0 Å². The fourth-order valence-electron chi connectivity index (χ4n) is 0.886. The van der Waals surface area contributed by atoms with E-state index in [4.69, 9.17) is 4.74 Å². The number of esters is 1. The van der Waals surface area contributed by atoms with Gasteiger partial charge in [-0.25, -0.2) is 4.79 Å². The number of rotatable bonds is 4. The van der Waals surface area contributed by atoms with Crippen LogP contribution in [0.1, 0.15) is 40.5 Å². The van der Waals surface area contributed by atoms with Gasteiger partial charge in [-0.05, 0) is 25.2 Å².